The molecule has 26 heavy (non-hydrogen) atoms. The summed E-state index contributed by atoms with van der Waals surface area (Å²) in [7, 11) is 0. The maximum atomic E-state index is 4.32. The third-order valence-corrected chi connectivity index (χ3v) is 4.18. The van der Waals surface area contributed by atoms with Crippen molar-refractivity contribution in [1.29, 1.82) is 0 Å². The van der Waals surface area contributed by atoms with Gasteiger partial charge in [0, 0.05) is 28.9 Å². The van der Waals surface area contributed by atoms with E-state index in [1.54, 1.807) is 0 Å². The van der Waals surface area contributed by atoms with Gasteiger partial charge in [-0.25, -0.2) is 0 Å². The van der Waals surface area contributed by atoms with Crippen molar-refractivity contribution < 1.29 is 0 Å². The molecule has 0 aliphatic carbocycles. The Bertz CT molecular complexity index is 948. The molecule has 0 radical (unpaired) electrons. The zero-order chi connectivity index (χ0) is 18.9. The largest absolute Gasteiger partial charge is 0.261 e. The normalized spacial score (nSPS) is 10.1. The van der Waals surface area contributed by atoms with E-state index in [1.165, 1.54) is 21.7 Å². The fourth-order valence-corrected chi connectivity index (χ4v) is 2.89. The summed E-state index contributed by atoms with van der Waals surface area (Å²) in [6, 6.07) is 20.7. The molecule has 2 aromatic heterocycles. The summed E-state index contributed by atoms with van der Waals surface area (Å²) in [5.41, 5.74) is 3.57. The number of aromatic nitrogens is 2. The van der Waals surface area contributed by atoms with Gasteiger partial charge in [0.1, 0.15) is 0 Å². The van der Waals surface area contributed by atoms with Crippen LogP contribution in [-0.2, 0) is 0 Å². The van der Waals surface area contributed by atoms with Crippen molar-refractivity contribution in [3.8, 4) is 0 Å². The first-order chi connectivity index (χ1) is 12.7. The van der Waals surface area contributed by atoms with Crippen molar-refractivity contribution in [2.24, 2.45) is 0 Å². The van der Waals surface area contributed by atoms with Gasteiger partial charge in [0.15, 0.2) is 0 Å². The lowest BCUT2D eigenvalue weighted by Gasteiger charge is -2.08. The maximum Gasteiger partial charge on any atom is 0.0704 e. The van der Waals surface area contributed by atoms with Crippen LogP contribution < -0.4 is 0 Å². The van der Waals surface area contributed by atoms with Crippen LogP contribution in [0.25, 0.3) is 21.7 Å². The van der Waals surface area contributed by atoms with E-state index < -0.39 is 0 Å². The Morgan fingerprint density at radius 1 is 0.692 bits per heavy atom. The van der Waals surface area contributed by atoms with Crippen LogP contribution in [0.3, 0.4) is 0 Å². The van der Waals surface area contributed by atoms with E-state index in [-0.39, 0.29) is 0 Å². The average molecular weight is 345 g/mol. The predicted molar refractivity (Wildman–Crippen MR) is 114 cm³/mol. The van der Waals surface area contributed by atoms with Gasteiger partial charge in [-0.15, -0.1) is 0 Å². The number of pyridine rings is 2. The molecule has 0 aliphatic rings. The molecule has 4 rings (SSSR count). The van der Waals surface area contributed by atoms with Crippen molar-refractivity contribution >= 4 is 21.7 Å². The van der Waals surface area contributed by atoms with Crippen molar-refractivity contribution in [3.63, 3.8) is 0 Å². The number of hydrogen-bond donors (Lipinski definition) is 0. The number of fused-ring (bicyclic) bond motifs is 2. The highest BCUT2D eigenvalue weighted by atomic mass is 14.7. The molecule has 0 aliphatic heterocycles. The Labute approximate surface area is 156 Å². The zero-order valence-electron chi connectivity index (χ0n) is 16.4. The van der Waals surface area contributed by atoms with E-state index in [1.807, 2.05) is 57.4 Å². The lowest BCUT2D eigenvalue weighted by molar-refractivity contribution is 0.874. The van der Waals surface area contributed by atoms with Gasteiger partial charge in [-0.1, -0.05) is 70.2 Å². The zero-order valence-corrected chi connectivity index (χ0v) is 16.4. The highest BCUT2D eigenvalue weighted by Crippen LogP contribution is 2.23. The number of para-hydroxylation sites is 1. The van der Waals surface area contributed by atoms with Gasteiger partial charge in [0.25, 0.3) is 0 Å². The van der Waals surface area contributed by atoms with E-state index in [4.69, 9.17) is 0 Å². The number of rotatable bonds is 1. The standard InChI is InChI=1S/C12H13N.C10H9N.C2H6/c1-9(2)10-7-8-13-12-6-4-3-5-11(10)12;1-8-10-5-3-2-4-9(10)6-7-11-8;1-2/h3-9H,1-2H3;2-7H,1H3;1-2H3. The van der Waals surface area contributed by atoms with E-state index in [0.717, 1.165) is 11.2 Å². The Balaban J connectivity index is 0.000000173. The van der Waals surface area contributed by atoms with Crippen LogP contribution in [0.2, 0.25) is 0 Å². The topological polar surface area (TPSA) is 25.8 Å². The third-order valence-electron chi connectivity index (χ3n) is 4.18. The quantitative estimate of drug-likeness (QED) is 0.374. The number of hydrogen-bond acceptors (Lipinski definition) is 2. The minimum absolute atomic E-state index is 0.563. The molecule has 134 valence electrons. The van der Waals surface area contributed by atoms with Crippen LogP contribution >= 0.6 is 0 Å². The summed E-state index contributed by atoms with van der Waals surface area (Å²) in [6.07, 6.45) is 3.73. The van der Waals surface area contributed by atoms with Crippen LogP contribution in [0.5, 0.6) is 0 Å². The Kier molecular flexibility index (Phi) is 7.28. The molecule has 0 amide bonds. The van der Waals surface area contributed by atoms with Crippen molar-refractivity contribution in [1.82, 2.24) is 9.97 Å². The first-order valence-corrected chi connectivity index (χ1v) is 9.31. The van der Waals surface area contributed by atoms with Crippen LogP contribution in [0.15, 0.2) is 73.1 Å². The molecule has 0 saturated carbocycles. The minimum Gasteiger partial charge on any atom is -0.261 e. The van der Waals surface area contributed by atoms with Crippen LogP contribution in [0, 0.1) is 6.92 Å². The summed E-state index contributed by atoms with van der Waals surface area (Å²) in [6.45, 7) is 10.5. The molecule has 2 nitrogen and oxygen atoms in total. The Morgan fingerprint density at radius 2 is 1.31 bits per heavy atom. The van der Waals surface area contributed by atoms with Gasteiger partial charge in [-0.05, 0) is 42.0 Å². The summed E-state index contributed by atoms with van der Waals surface area (Å²) in [5, 5.41) is 3.79. The van der Waals surface area contributed by atoms with Crippen molar-refractivity contribution in [2.45, 2.75) is 40.5 Å². The Morgan fingerprint density at radius 3 is 2.00 bits per heavy atom. The molecular formula is C24H28N2. The van der Waals surface area contributed by atoms with Crippen molar-refractivity contribution in [3.05, 3.63) is 84.3 Å². The second kappa shape index (κ2) is 9.67. The highest BCUT2D eigenvalue weighted by Gasteiger charge is 2.03. The van der Waals surface area contributed by atoms with Gasteiger partial charge >= 0.3 is 0 Å². The first-order valence-electron chi connectivity index (χ1n) is 9.31. The van der Waals surface area contributed by atoms with E-state index in [9.17, 15) is 0 Å². The predicted octanol–water partition coefficient (Wildman–Crippen LogP) is 6.93. The first kappa shape index (κ1) is 19.6. The van der Waals surface area contributed by atoms with Crippen LogP contribution in [0.4, 0.5) is 0 Å². The SMILES string of the molecule is CC.CC(C)c1ccnc2ccccc12.Cc1nccc2ccccc12. The molecule has 0 atom stereocenters. The summed E-state index contributed by atoms with van der Waals surface area (Å²) >= 11 is 0. The van der Waals surface area contributed by atoms with Gasteiger partial charge in [0.05, 0.1) is 5.52 Å². The molecule has 2 heterocycles. The molecule has 0 N–H and O–H groups in total. The van der Waals surface area contributed by atoms with Crippen molar-refractivity contribution in [2.75, 3.05) is 0 Å². The molecule has 0 bridgehead atoms. The second-order valence-electron chi connectivity index (χ2n) is 6.19. The van der Waals surface area contributed by atoms with E-state index in [2.05, 4.69) is 60.2 Å². The highest BCUT2D eigenvalue weighted by molar-refractivity contribution is 5.84. The van der Waals surface area contributed by atoms with Crippen LogP contribution in [-0.4, -0.2) is 9.97 Å². The fraction of sp³-hybridized carbons (Fsp3) is 0.250. The number of nitrogens with zero attached hydrogens (tertiary/aromatic N) is 2. The Hall–Kier alpha value is -2.74. The van der Waals surface area contributed by atoms with Gasteiger partial charge in [0.2, 0.25) is 0 Å². The number of benzene rings is 2. The molecule has 2 heteroatoms. The second-order valence-corrected chi connectivity index (χ2v) is 6.19. The molecule has 4 aromatic rings. The summed E-state index contributed by atoms with van der Waals surface area (Å²) in [5.74, 6) is 0.563. The summed E-state index contributed by atoms with van der Waals surface area (Å²) in [4.78, 5) is 8.53. The van der Waals surface area contributed by atoms with E-state index in [0.29, 0.717) is 5.92 Å². The number of aryl methyl sites for hydroxylation is 1. The molecule has 0 saturated heterocycles. The smallest absolute Gasteiger partial charge is 0.0704 e. The van der Waals surface area contributed by atoms with E-state index >= 15 is 0 Å². The van der Waals surface area contributed by atoms with Crippen LogP contribution in [0.1, 0.15) is 44.9 Å². The maximum absolute atomic E-state index is 4.32. The van der Waals surface area contributed by atoms with Gasteiger partial charge < -0.3 is 0 Å². The molecule has 0 fully saturated rings. The molecular weight excluding hydrogens is 316 g/mol. The monoisotopic (exact) mass is 344 g/mol. The fourth-order valence-electron chi connectivity index (χ4n) is 2.89. The lowest BCUT2D eigenvalue weighted by Crippen LogP contribution is -1.90. The molecule has 0 spiro atoms. The average Bonchev–Trinajstić information content (AvgIpc) is 2.70. The summed E-state index contributed by atoms with van der Waals surface area (Å²) < 4.78 is 0. The molecule has 2 aromatic carbocycles. The van der Waals surface area contributed by atoms with Gasteiger partial charge in [-0.3, -0.25) is 9.97 Å². The third kappa shape index (κ3) is 4.66. The minimum atomic E-state index is 0.563. The lowest BCUT2D eigenvalue weighted by atomic mass is 9.99. The van der Waals surface area contributed by atoms with Gasteiger partial charge in [-0.2, -0.15) is 0 Å². The molecule has 0 unspecified atom stereocenters.